The molecule has 1 heterocycles. The molecule has 2 N–H and O–H groups in total. The lowest BCUT2D eigenvalue weighted by atomic mass is 9.92. The smallest absolute Gasteiger partial charge is 0.338 e. The van der Waals surface area contributed by atoms with Crippen molar-refractivity contribution < 1.29 is 14.3 Å². The minimum absolute atomic E-state index is 0.264. The molecule has 1 aliphatic heterocycles. The highest BCUT2D eigenvalue weighted by atomic mass is 79.9. The van der Waals surface area contributed by atoms with Crippen LogP contribution in [-0.4, -0.2) is 24.3 Å². The van der Waals surface area contributed by atoms with E-state index >= 15 is 0 Å². The Morgan fingerprint density at radius 2 is 2.03 bits per heavy atom. The average Bonchev–Trinajstić information content (AvgIpc) is 2.73. The number of benzene rings is 2. The average molecular weight is 473 g/mol. The lowest BCUT2D eigenvalue weighted by Crippen LogP contribution is -2.45. The van der Waals surface area contributed by atoms with E-state index in [1.807, 2.05) is 48.5 Å². The molecular weight excluding hydrogens is 452 g/mol. The second-order valence-corrected chi connectivity index (χ2v) is 7.51. The number of hydrogen-bond donors (Lipinski definition) is 2. The van der Waals surface area contributed by atoms with Gasteiger partial charge in [0.05, 0.1) is 23.9 Å². The van der Waals surface area contributed by atoms with Crippen molar-refractivity contribution in [3.05, 3.63) is 82.4 Å². The number of rotatable bonds is 7. The normalized spacial score (nSPS) is 15.9. The highest BCUT2D eigenvalue weighted by molar-refractivity contribution is 9.10. The van der Waals surface area contributed by atoms with Crippen LogP contribution in [0.5, 0.6) is 5.75 Å². The molecule has 2 aromatic carbocycles. The van der Waals surface area contributed by atoms with Gasteiger partial charge in [-0.05, 0) is 42.9 Å². The summed E-state index contributed by atoms with van der Waals surface area (Å²) in [6.45, 7) is 6.09. The lowest BCUT2D eigenvalue weighted by molar-refractivity contribution is -0.138. The number of halogens is 1. The van der Waals surface area contributed by atoms with E-state index in [2.05, 4.69) is 33.1 Å². The summed E-state index contributed by atoms with van der Waals surface area (Å²) in [7, 11) is 0. The molecule has 3 rings (SSSR count). The quantitative estimate of drug-likeness (QED) is 0.351. The van der Waals surface area contributed by atoms with Crippen LogP contribution in [0.1, 0.15) is 24.1 Å². The minimum Gasteiger partial charge on any atom is -0.489 e. The SMILES string of the molecule is C=CCOc1ccc(Br)cc1C1NC(=S)NC(c2ccccc2)=C1C(=O)OCC. The molecule has 2 aromatic rings. The second-order valence-electron chi connectivity index (χ2n) is 6.19. The highest BCUT2D eigenvalue weighted by Crippen LogP contribution is 2.37. The number of ether oxygens (including phenoxy) is 2. The molecule has 0 saturated carbocycles. The zero-order valence-electron chi connectivity index (χ0n) is 15.9. The van der Waals surface area contributed by atoms with Gasteiger partial charge in [0.25, 0.3) is 0 Å². The van der Waals surface area contributed by atoms with Crippen molar-refractivity contribution in [2.24, 2.45) is 0 Å². The first-order valence-electron chi connectivity index (χ1n) is 9.12. The molecular formula is C22H21BrN2O3S. The summed E-state index contributed by atoms with van der Waals surface area (Å²) >= 11 is 8.96. The fourth-order valence-electron chi connectivity index (χ4n) is 3.08. The van der Waals surface area contributed by atoms with Crippen molar-refractivity contribution in [2.75, 3.05) is 13.2 Å². The van der Waals surface area contributed by atoms with Crippen LogP contribution in [0.25, 0.3) is 5.70 Å². The second kappa shape index (κ2) is 9.71. The van der Waals surface area contributed by atoms with Crippen LogP contribution in [-0.2, 0) is 9.53 Å². The topological polar surface area (TPSA) is 59.6 Å². The maximum absolute atomic E-state index is 13.0. The number of nitrogens with one attached hydrogen (secondary N) is 2. The Labute approximate surface area is 183 Å². The van der Waals surface area contributed by atoms with Crippen molar-refractivity contribution in [3.8, 4) is 5.75 Å². The minimum atomic E-state index is -0.546. The molecule has 7 heteroatoms. The van der Waals surface area contributed by atoms with Gasteiger partial charge in [0.2, 0.25) is 0 Å². The fraction of sp³-hybridized carbons (Fsp3) is 0.182. The Morgan fingerprint density at radius 3 is 2.72 bits per heavy atom. The zero-order chi connectivity index (χ0) is 20.8. The van der Waals surface area contributed by atoms with E-state index in [0.29, 0.717) is 28.7 Å². The number of carbonyl (C=O) groups is 1. The van der Waals surface area contributed by atoms with Crippen LogP contribution in [0.4, 0.5) is 0 Å². The molecule has 0 aromatic heterocycles. The Bertz CT molecular complexity index is 960. The molecule has 0 radical (unpaired) electrons. The van der Waals surface area contributed by atoms with Gasteiger partial charge in [0, 0.05) is 10.0 Å². The monoisotopic (exact) mass is 472 g/mol. The molecule has 1 unspecified atom stereocenters. The Morgan fingerprint density at radius 1 is 1.28 bits per heavy atom. The summed E-state index contributed by atoms with van der Waals surface area (Å²) in [5.74, 6) is 0.206. The fourth-order valence-corrected chi connectivity index (χ4v) is 3.68. The maximum atomic E-state index is 13.0. The van der Waals surface area contributed by atoms with E-state index in [9.17, 15) is 4.79 Å². The molecule has 0 spiro atoms. The molecule has 0 saturated heterocycles. The van der Waals surface area contributed by atoms with Crippen molar-refractivity contribution in [2.45, 2.75) is 13.0 Å². The van der Waals surface area contributed by atoms with Crippen molar-refractivity contribution in [1.82, 2.24) is 10.6 Å². The van der Waals surface area contributed by atoms with Crippen LogP contribution >= 0.6 is 28.1 Å². The molecule has 150 valence electrons. The summed E-state index contributed by atoms with van der Waals surface area (Å²) in [4.78, 5) is 13.0. The van der Waals surface area contributed by atoms with E-state index in [1.165, 1.54) is 0 Å². The molecule has 0 amide bonds. The predicted octanol–water partition coefficient (Wildman–Crippen LogP) is 4.51. The van der Waals surface area contributed by atoms with Crippen molar-refractivity contribution in [1.29, 1.82) is 0 Å². The van der Waals surface area contributed by atoms with Gasteiger partial charge in [0.15, 0.2) is 5.11 Å². The summed E-state index contributed by atoms with van der Waals surface area (Å²) in [5, 5.41) is 6.74. The molecule has 0 aliphatic carbocycles. The third kappa shape index (κ3) is 4.86. The molecule has 0 fully saturated rings. The summed E-state index contributed by atoms with van der Waals surface area (Å²) in [6, 6.07) is 14.7. The first-order valence-corrected chi connectivity index (χ1v) is 10.3. The summed E-state index contributed by atoms with van der Waals surface area (Å²) in [6.07, 6.45) is 1.67. The third-order valence-corrected chi connectivity index (χ3v) is 4.98. The van der Waals surface area contributed by atoms with Gasteiger partial charge >= 0.3 is 5.97 Å². The number of thiocarbonyl (C=S) groups is 1. The van der Waals surface area contributed by atoms with Gasteiger partial charge in [-0.3, -0.25) is 0 Å². The maximum Gasteiger partial charge on any atom is 0.338 e. The Kier molecular flexibility index (Phi) is 7.06. The summed E-state index contributed by atoms with van der Waals surface area (Å²) in [5.41, 5.74) is 2.66. The Hall–Kier alpha value is -2.64. The van der Waals surface area contributed by atoms with Gasteiger partial charge in [-0.15, -0.1) is 0 Å². The first-order chi connectivity index (χ1) is 14.0. The van der Waals surface area contributed by atoms with Gasteiger partial charge in [-0.1, -0.05) is 58.9 Å². The van der Waals surface area contributed by atoms with E-state index in [0.717, 1.165) is 15.6 Å². The molecule has 29 heavy (non-hydrogen) atoms. The Balaban J connectivity index is 2.20. The first kappa shape index (κ1) is 21.1. The van der Waals surface area contributed by atoms with E-state index in [-0.39, 0.29) is 6.61 Å². The van der Waals surface area contributed by atoms with Crippen LogP contribution in [0.15, 0.2) is 71.2 Å². The molecule has 1 aliphatic rings. The zero-order valence-corrected chi connectivity index (χ0v) is 18.3. The van der Waals surface area contributed by atoms with Crippen LogP contribution in [0.3, 0.4) is 0 Å². The van der Waals surface area contributed by atoms with E-state index in [1.54, 1.807) is 13.0 Å². The van der Waals surface area contributed by atoms with Gasteiger partial charge in [0.1, 0.15) is 12.4 Å². The van der Waals surface area contributed by atoms with Crippen molar-refractivity contribution >= 4 is 44.9 Å². The third-order valence-electron chi connectivity index (χ3n) is 4.27. The van der Waals surface area contributed by atoms with Crippen molar-refractivity contribution in [3.63, 3.8) is 0 Å². The highest BCUT2D eigenvalue weighted by Gasteiger charge is 2.34. The summed E-state index contributed by atoms with van der Waals surface area (Å²) < 4.78 is 12.1. The van der Waals surface area contributed by atoms with Crippen LogP contribution in [0, 0.1) is 0 Å². The van der Waals surface area contributed by atoms with Gasteiger partial charge < -0.3 is 20.1 Å². The molecule has 5 nitrogen and oxygen atoms in total. The predicted molar refractivity (Wildman–Crippen MR) is 121 cm³/mol. The number of hydrogen-bond acceptors (Lipinski definition) is 4. The van der Waals surface area contributed by atoms with Crippen LogP contribution in [0.2, 0.25) is 0 Å². The van der Waals surface area contributed by atoms with Gasteiger partial charge in [-0.25, -0.2) is 4.79 Å². The van der Waals surface area contributed by atoms with Crippen LogP contribution < -0.4 is 15.4 Å². The number of carbonyl (C=O) groups excluding carboxylic acids is 1. The molecule has 0 bridgehead atoms. The van der Waals surface area contributed by atoms with E-state index in [4.69, 9.17) is 21.7 Å². The lowest BCUT2D eigenvalue weighted by Gasteiger charge is -2.32. The number of esters is 1. The largest absolute Gasteiger partial charge is 0.489 e. The molecule has 1 atom stereocenters. The van der Waals surface area contributed by atoms with Gasteiger partial charge in [-0.2, -0.15) is 0 Å². The van der Waals surface area contributed by atoms with E-state index < -0.39 is 12.0 Å². The standard InChI is InChI=1S/C22H21BrN2O3S/c1-3-12-28-17-11-10-15(23)13-16(17)20-18(21(26)27-4-2)19(24-22(29)25-20)14-8-6-5-7-9-14/h3,5-11,13,20H,1,4,12H2,2H3,(H2,24,25,29).